The highest BCUT2D eigenvalue weighted by molar-refractivity contribution is 5.88. The van der Waals surface area contributed by atoms with Crippen LogP contribution in [0.25, 0.3) is 0 Å². The minimum atomic E-state index is -1.21. The Morgan fingerprint density at radius 2 is 1.94 bits per heavy atom. The topological polar surface area (TPSA) is 108 Å². The minimum Gasteiger partial charge on any atom is -0.465 e. The van der Waals surface area contributed by atoms with Crippen LogP contribution in [0.4, 0.5) is 4.79 Å². The van der Waals surface area contributed by atoms with E-state index in [4.69, 9.17) is 16.0 Å². The summed E-state index contributed by atoms with van der Waals surface area (Å²) in [6.45, 7) is 2.06. The smallest absolute Gasteiger partial charge is 0.405 e. The third kappa shape index (κ3) is 3.97. The van der Waals surface area contributed by atoms with Crippen molar-refractivity contribution in [2.45, 2.75) is 25.8 Å². The normalized spacial score (nSPS) is 13.1. The maximum atomic E-state index is 10.6. The van der Waals surface area contributed by atoms with Gasteiger partial charge in [-0.1, -0.05) is 36.3 Å². The van der Waals surface area contributed by atoms with Gasteiger partial charge in [-0.15, -0.1) is 0 Å². The Labute approximate surface area is 105 Å². The first-order chi connectivity index (χ1) is 8.56. The maximum Gasteiger partial charge on any atom is 0.405 e. The number of hydrogen-bond acceptors (Lipinski definition) is 3. The number of nitrogens with two attached hydrogens (primary N) is 1. The van der Waals surface area contributed by atoms with E-state index in [1.54, 1.807) is 0 Å². The zero-order chi connectivity index (χ0) is 13.5. The van der Waals surface area contributed by atoms with Crippen molar-refractivity contribution in [2.24, 2.45) is 10.9 Å². The van der Waals surface area contributed by atoms with Gasteiger partial charge < -0.3 is 21.4 Å². The number of nitrogens with zero attached hydrogens (tertiary/aromatic N) is 1. The molecule has 1 atom stereocenters. The van der Waals surface area contributed by atoms with E-state index in [2.05, 4.69) is 17.4 Å². The molecule has 0 aromatic heterocycles. The predicted octanol–water partition coefficient (Wildman–Crippen LogP) is 1.17. The van der Waals surface area contributed by atoms with Gasteiger partial charge in [-0.3, -0.25) is 0 Å². The van der Waals surface area contributed by atoms with E-state index < -0.39 is 12.1 Å². The van der Waals surface area contributed by atoms with Gasteiger partial charge in [-0.25, -0.2) is 4.79 Å². The summed E-state index contributed by atoms with van der Waals surface area (Å²) in [5, 5.41) is 22.3. The van der Waals surface area contributed by atoms with Gasteiger partial charge >= 0.3 is 6.09 Å². The summed E-state index contributed by atoms with van der Waals surface area (Å²) in [5.74, 6) is -0.156. The highest BCUT2D eigenvalue weighted by Gasteiger charge is 2.16. The van der Waals surface area contributed by atoms with Crippen LogP contribution in [0, 0.1) is 0 Å². The van der Waals surface area contributed by atoms with Crippen molar-refractivity contribution >= 4 is 11.9 Å². The molecule has 5 N–H and O–H groups in total. The van der Waals surface area contributed by atoms with Gasteiger partial charge in [0.2, 0.25) is 0 Å². The number of nitrogens with one attached hydrogen (secondary N) is 1. The molecule has 0 fully saturated rings. The Hall–Kier alpha value is -2.24. The number of amides is 1. The van der Waals surface area contributed by atoms with Crippen LogP contribution in [0.1, 0.15) is 18.1 Å². The average Bonchev–Trinajstić information content (AvgIpc) is 2.37. The van der Waals surface area contributed by atoms with Crippen molar-refractivity contribution in [1.29, 1.82) is 0 Å². The lowest BCUT2D eigenvalue weighted by atomic mass is 10.0. The maximum absolute atomic E-state index is 10.6. The molecule has 0 saturated carbocycles. The molecule has 0 bridgehead atoms. The SMILES string of the molecule is CCc1ccc(C[C@H](NC(=O)O)/C(N)=N/O)cc1. The standard InChI is InChI=1S/C12H17N3O3/c1-2-8-3-5-9(6-4-8)7-10(11(13)15-18)14-12(16)17/h3-6,10,14,18H,2,7H2,1H3,(H2,13,15)(H,16,17)/t10-/m0/s1. The second-order valence-electron chi connectivity index (χ2n) is 3.90. The second kappa shape index (κ2) is 6.48. The van der Waals surface area contributed by atoms with Crippen LogP contribution in [-0.2, 0) is 12.8 Å². The molecule has 0 saturated heterocycles. The molecule has 98 valence electrons. The molecule has 6 heteroatoms. The van der Waals surface area contributed by atoms with Crippen molar-refractivity contribution in [3.05, 3.63) is 35.4 Å². The Balaban J connectivity index is 2.78. The third-order valence-corrected chi connectivity index (χ3v) is 2.64. The fourth-order valence-corrected chi connectivity index (χ4v) is 1.60. The number of amidine groups is 1. The van der Waals surface area contributed by atoms with E-state index in [0.717, 1.165) is 12.0 Å². The quantitative estimate of drug-likeness (QED) is 0.272. The van der Waals surface area contributed by atoms with Crippen molar-refractivity contribution in [2.75, 3.05) is 0 Å². The third-order valence-electron chi connectivity index (χ3n) is 2.64. The molecule has 0 aliphatic carbocycles. The lowest BCUT2D eigenvalue weighted by molar-refractivity contribution is 0.192. The second-order valence-corrected chi connectivity index (χ2v) is 3.90. The number of aryl methyl sites for hydroxylation is 1. The lowest BCUT2D eigenvalue weighted by Crippen LogP contribution is -2.45. The first-order valence-electron chi connectivity index (χ1n) is 5.61. The molecule has 6 nitrogen and oxygen atoms in total. The van der Waals surface area contributed by atoms with Gasteiger partial charge in [0.1, 0.15) is 0 Å². The molecule has 0 unspecified atom stereocenters. The highest BCUT2D eigenvalue weighted by Crippen LogP contribution is 2.08. The van der Waals surface area contributed by atoms with Crippen LogP contribution in [-0.4, -0.2) is 28.3 Å². The van der Waals surface area contributed by atoms with E-state index in [9.17, 15) is 4.79 Å². The Morgan fingerprint density at radius 1 is 1.39 bits per heavy atom. The molecule has 1 amide bonds. The van der Waals surface area contributed by atoms with Crippen LogP contribution < -0.4 is 11.1 Å². The van der Waals surface area contributed by atoms with E-state index in [-0.39, 0.29) is 5.84 Å². The number of carbonyl (C=O) groups is 1. The molecule has 0 aliphatic heterocycles. The van der Waals surface area contributed by atoms with Gasteiger partial charge in [-0.2, -0.15) is 0 Å². The van der Waals surface area contributed by atoms with E-state index in [0.29, 0.717) is 6.42 Å². The van der Waals surface area contributed by atoms with Crippen LogP contribution >= 0.6 is 0 Å². The van der Waals surface area contributed by atoms with Gasteiger partial charge in [0, 0.05) is 6.42 Å². The van der Waals surface area contributed by atoms with Crippen molar-refractivity contribution in [1.82, 2.24) is 5.32 Å². The molecule has 1 rings (SSSR count). The average molecular weight is 251 g/mol. The molecular formula is C12H17N3O3. The Kier molecular flexibility index (Phi) is 4.98. The number of carboxylic acid groups (broad SMARTS) is 1. The van der Waals surface area contributed by atoms with Crippen LogP contribution in [0.15, 0.2) is 29.4 Å². The minimum absolute atomic E-state index is 0.156. The zero-order valence-electron chi connectivity index (χ0n) is 10.1. The summed E-state index contributed by atoms with van der Waals surface area (Å²) < 4.78 is 0. The number of benzene rings is 1. The van der Waals surface area contributed by atoms with E-state index >= 15 is 0 Å². The Bertz CT molecular complexity index is 429. The van der Waals surface area contributed by atoms with Crippen molar-refractivity contribution in [3.63, 3.8) is 0 Å². The number of oxime groups is 1. The molecule has 1 aromatic carbocycles. The van der Waals surface area contributed by atoms with Gasteiger partial charge in [-0.05, 0) is 17.5 Å². The van der Waals surface area contributed by atoms with Gasteiger partial charge in [0.05, 0.1) is 6.04 Å². The van der Waals surface area contributed by atoms with Gasteiger partial charge in [0.25, 0.3) is 0 Å². The first-order valence-corrected chi connectivity index (χ1v) is 5.61. The molecule has 0 aliphatic rings. The van der Waals surface area contributed by atoms with E-state index in [1.807, 2.05) is 24.3 Å². The lowest BCUT2D eigenvalue weighted by Gasteiger charge is -2.15. The fraction of sp³-hybridized carbons (Fsp3) is 0.333. The molecule has 0 spiro atoms. The monoisotopic (exact) mass is 251 g/mol. The molecule has 0 radical (unpaired) electrons. The summed E-state index contributed by atoms with van der Waals surface area (Å²) in [6.07, 6.45) is 0.0699. The predicted molar refractivity (Wildman–Crippen MR) is 67.9 cm³/mol. The molecule has 18 heavy (non-hydrogen) atoms. The van der Waals surface area contributed by atoms with Crippen LogP contribution in [0.5, 0.6) is 0 Å². The van der Waals surface area contributed by atoms with Crippen LogP contribution in [0.3, 0.4) is 0 Å². The van der Waals surface area contributed by atoms with Crippen molar-refractivity contribution in [3.8, 4) is 0 Å². The molecular weight excluding hydrogens is 234 g/mol. The van der Waals surface area contributed by atoms with Gasteiger partial charge in [0.15, 0.2) is 5.84 Å². The van der Waals surface area contributed by atoms with Crippen LogP contribution in [0.2, 0.25) is 0 Å². The highest BCUT2D eigenvalue weighted by atomic mass is 16.4. The van der Waals surface area contributed by atoms with Crippen molar-refractivity contribution < 1.29 is 15.1 Å². The summed E-state index contributed by atoms with van der Waals surface area (Å²) >= 11 is 0. The molecule has 1 aromatic rings. The number of rotatable bonds is 5. The first kappa shape index (κ1) is 13.8. The Morgan fingerprint density at radius 3 is 2.39 bits per heavy atom. The zero-order valence-corrected chi connectivity index (χ0v) is 10.1. The largest absolute Gasteiger partial charge is 0.465 e. The van der Waals surface area contributed by atoms with E-state index in [1.165, 1.54) is 5.56 Å². The fourth-order valence-electron chi connectivity index (χ4n) is 1.60. The summed E-state index contributed by atoms with van der Waals surface area (Å²) in [7, 11) is 0. The summed E-state index contributed by atoms with van der Waals surface area (Å²) in [5.41, 5.74) is 7.56. The number of hydrogen-bond donors (Lipinski definition) is 4. The summed E-state index contributed by atoms with van der Waals surface area (Å²) in [6, 6.07) is 7.01. The molecule has 0 heterocycles. The summed E-state index contributed by atoms with van der Waals surface area (Å²) in [4.78, 5) is 10.6.